The van der Waals surface area contributed by atoms with Crippen LogP contribution in [0.25, 0.3) is 5.69 Å². The van der Waals surface area contributed by atoms with Crippen molar-refractivity contribution in [2.45, 2.75) is 24.9 Å². The van der Waals surface area contributed by atoms with E-state index in [-0.39, 0.29) is 11.7 Å². The summed E-state index contributed by atoms with van der Waals surface area (Å²) >= 11 is 1.23. The second kappa shape index (κ2) is 8.54. The van der Waals surface area contributed by atoms with Crippen molar-refractivity contribution in [1.82, 2.24) is 30.6 Å². The number of carbonyl (C=O) groups is 2. The lowest BCUT2D eigenvalue weighted by Gasteiger charge is -2.09. The van der Waals surface area contributed by atoms with Gasteiger partial charge in [-0.25, -0.2) is 0 Å². The molecule has 27 heavy (non-hydrogen) atoms. The van der Waals surface area contributed by atoms with Gasteiger partial charge in [0.2, 0.25) is 5.91 Å². The van der Waals surface area contributed by atoms with Gasteiger partial charge in [-0.05, 0) is 35.7 Å². The zero-order valence-corrected chi connectivity index (χ0v) is 15.8. The average molecular weight is 384 g/mol. The van der Waals surface area contributed by atoms with Crippen molar-refractivity contribution in [1.29, 1.82) is 0 Å². The van der Waals surface area contributed by atoms with Gasteiger partial charge in [0, 0.05) is 11.9 Å². The summed E-state index contributed by atoms with van der Waals surface area (Å²) in [5.41, 5.74) is 7.27. The van der Waals surface area contributed by atoms with Crippen LogP contribution in [0.1, 0.15) is 35.8 Å². The van der Waals surface area contributed by atoms with E-state index < -0.39 is 5.91 Å². The van der Waals surface area contributed by atoms with E-state index in [0.717, 1.165) is 5.69 Å². The molecule has 3 N–H and O–H groups in total. The summed E-state index contributed by atoms with van der Waals surface area (Å²) < 4.78 is 1.82. The lowest BCUT2D eigenvalue weighted by molar-refractivity contribution is -0.119. The molecule has 0 atom stereocenters. The molecule has 0 spiro atoms. The maximum absolute atomic E-state index is 12.0. The fraction of sp³-hybridized carbons (Fsp3) is 0.222. The lowest BCUT2D eigenvalue weighted by Crippen LogP contribution is -2.42. The van der Waals surface area contributed by atoms with Crippen LogP contribution in [0.15, 0.2) is 54.1 Å². The van der Waals surface area contributed by atoms with Crippen LogP contribution in [0.4, 0.5) is 0 Å². The van der Waals surface area contributed by atoms with Gasteiger partial charge in [0.05, 0.1) is 5.75 Å². The molecular weight excluding hydrogens is 364 g/mol. The highest BCUT2D eigenvalue weighted by molar-refractivity contribution is 7.99. The first-order chi connectivity index (χ1) is 13.0. The van der Waals surface area contributed by atoms with Gasteiger partial charge >= 0.3 is 0 Å². The van der Waals surface area contributed by atoms with Gasteiger partial charge in [-0.3, -0.25) is 25.0 Å². The molecule has 0 saturated heterocycles. The topological polar surface area (TPSA) is 105 Å². The van der Waals surface area contributed by atoms with E-state index in [1.165, 1.54) is 17.3 Å². The van der Waals surface area contributed by atoms with Gasteiger partial charge in [0.25, 0.3) is 5.91 Å². The molecular formula is C18H20N6O2S. The predicted octanol–water partition coefficient (Wildman–Crippen LogP) is 2.27. The largest absolute Gasteiger partial charge is 0.357 e. The molecule has 3 rings (SSSR count). The number of rotatable bonds is 6. The van der Waals surface area contributed by atoms with Gasteiger partial charge in [0.15, 0.2) is 5.16 Å². The molecule has 0 bridgehead atoms. The number of carbonyl (C=O) groups excluding carboxylic acids is 2. The minimum absolute atomic E-state index is 0.0910. The van der Waals surface area contributed by atoms with Crippen LogP contribution in [-0.2, 0) is 4.79 Å². The Hall–Kier alpha value is -3.07. The molecule has 9 heteroatoms. The van der Waals surface area contributed by atoms with Gasteiger partial charge < -0.3 is 4.98 Å². The van der Waals surface area contributed by atoms with Gasteiger partial charge in [-0.2, -0.15) is 0 Å². The van der Waals surface area contributed by atoms with Gasteiger partial charge in [-0.1, -0.05) is 37.7 Å². The maximum atomic E-state index is 12.0. The van der Waals surface area contributed by atoms with Crippen LogP contribution < -0.4 is 10.9 Å². The summed E-state index contributed by atoms with van der Waals surface area (Å²) in [6, 6.07) is 11.4. The molecule has 0 aliphatic carbocycles. The third-order valence-electron chi connectivity index (χ3n) is 3.84. The third kappa shape index (κ3) is 4.76. The van der Waals surface area contributed by atoms with E-state index in [2.05, 4.69) is 52.0 Å². The zero-order chi connectivity index (χ0) is 19.2. The van der Waals surface area contributed by atoms with Crippen molar-refractivity contribution in [3.8, 4) is 5.69 Å². The molecule has 140 valence electrons. The van der Waals surface area contributed by atoms with E-state index in [1.54, 1.807) is 24.7 Å². The Bertz CT molecular complexity index is 902. The molecule has 0 radical (unpaired) electrons. The van der Waals surface area contributed by atoms with E-state index in [0.29, 0.717) is 16.8 Å². The summed E-state index contributed by atoms with van der Waals surface area (Å²) in [5.74, 6) is -0.205. The minimum atomic E-state index is -0.410. The first-order valence-electron chi connectivity index (χ1n) is 8.40. The van der Waals surface area contributed by atoms with Crippen molar-refractivity contribution < 1.29 is 9.59 Å². The zero-order valence-electron chi connectivity index (χ0n) is 15.0. The molecule has 0 unspecified atom stereocenters. The number of nitrogens with zero attached hydrogens (tertiary/aromatic N) is 3. The minimum Gasteiger partial charge on any atom is -0.357 e. The molecule has 0 aliphatic rings. The Labute approximate surface area is 160 Å². The van der Waals surface area contributed by atoms with E-state index >= 15 is 0 Å². The lowest BCUT2D eigenvalue weighted by atomic mass is 10.0. The fourth-order valence-corrected chi connectivity index (χ4v) is 3.08. The van der Waals surface area contributed by atoms with Crippen LogP contribution >= 0.6 is 11.8 Å². The first kappa shape index (κ1) is 18.7. The van der Waals surface area contributed by atoms with Crippen LogP contribution in [0.2, 0.25) is 0 Å². The van der Waals surface area contributed by atoms with E-state index in [4.69, 9.17) is 0 Å². The molecule has 2 aromatic heterocycles. The van der Waals surface area contributed by atoms with Crippen LogP contribution in [0, 0.1) is 0 Å². The molecule has 3 aromatic rings. The summed E-state index contributed by atoms with van der Waals surface area (Å²) in [6.07, 6.45) is 3.24. The van der Waals surface area contributed by atoms with Crippen molar-refractivity contribution in [3.63, 3.8) is 0 Å². The quantitative estimate of drug-likeness (QED) is 0.447. The number of aromatic nitrogens is 4. The number of hydrogen-bond acceptors (Lipinski definition) is 5. The summed E-state index contributed by atoms with van der Waals surface area (Å²) in [6.45, 7) is 4.28. The molecule has 2 amide bonds. The fourth-order valence-electron chi connectivity index (χ4n) is 2.35. The Morgan fingerprint density at radius 2 is 1.96 bits per heavy atom. The second-order valence-electron chi connectivity index (χ2n) is 6.10. The Morgan fingerprint density at radius 3 is 2.63 bits per heavy atom. The number of nitrogens with one attached hydrogen (secondary N) is 3. The van der Waals surface area contributed by atoms with Crippen LogP contribution in [0.3, 0.4) is 0 Å². The molecule has 1 aromatic carbocycles. The predicted molar refractivity (Wildman–Crippen MR) is 103 cm³/mol. The standard InChI is InChI=1S/C18H20N6O2S/c1-12(2)13-5-7-14(8-6-13)24-11-20-23-18(24)27-10-16(25)21-22-17(26)15-4-3-9-19-15/h3-9,11-12,19H,10H2,1-2H3,(H,21,25)(H,22,26). The number of benzene rings is 1. The Morgan fingerprint density at radius 1 is 1.19 bits per heavy atom. The number of H-pyrrole nitrogens is 1. The van der Waals surface area contributed by atoms with Crippen LogP contribution in [-0.4, -0.2) is 37.3 Å². The van der Waals surface area contributed by atoms with Crippen molar-refractivity contribution in [2.75, 3.05) is 5.75 Å². The van der Waals surface area contributed by atoms with E-state index in [1.807, 2.05) is 16.7 Å². The van der Waals surface area contributed by atoms with Crippen molar-refractivity contribution in [3.05, 3.63) is 60.2 Å². The number of aromatic amines is 1. The summed E-state index contributed by atoms with van der Waals surface area (Å²) in [5, 5.41) is 8.59. The summed E-state index contributed by atoms with van der Waals surface area (Å²) in [4.78, 5) is 26.5. The van der Waals surface area contributed by atoms with Crippen molar-refractivity contribution in [2.24, 2.45) is 0 Å². The number of hydrazine groups is 1. The highest BCUT2D eigenvalue weighted by atomic mass is 32.2. The number of amides is 2. The van der Waals surface area contributed by atoms with Gasteiger partial charge in [0.1, 0.15) is 12.0 Å². The monoisotopic (exact) mass is 384 g/mol. The normalized spacial score (nSPS) is 10.8. The second-order valence-corrected chi connectivity index (χ2v) is 7.05. The Kier molecular flexibility index (Phi) is 5.92. The highest BCUT2D eigenvalue weighted by Crippen LogP contribution is 2.21. The number of hydrogen-bond donors (Lipinski definition) is 3. The molecule has 8 nitrogen and oxygen atoms in total. The number of thioether (sulfide) groups is 1. The van der Waals surface area contributed by atoms with Gasteiger partial charge in [-0.15, -0.1) is 10.2 Å². The maximum Gasteiger partial charge on any atom is 0.286 e. The first-order valence-corrected chi connectivity index (χ1v) is 9.39. The highest BCUT2D eigenvalue weighted by Gasteiger charge is 2.12. The molecule has 2 heterocycles. The summed E-state index contributed by atoms with van der Waals surface area (Å²) in [7, 11) is 0. The third-order valence-corrected chi connectivity index (χ3v) is 4.79. The van der Waals surface area contributed by atoms with E-state index in [9.17, 15) is 9.59 Å². The smallest absolute Gasteiger partial charge is 0.286 e. The molecule has 0 saturated carbocycles. The SMILES string of the molecule is CC(C)c1ccc(-n2cnnc2SCC(=O)NNC(=O)c2ccc[nH]2)cc1. The average Bonchev–Trinajstić information content (AvgIpc) is 3.36. The molecule has 0 fully saturated rings. The van der Waals surface area contributed by atoms with Crippen LogP contribution in [0.5, 0.6) is 0 Å². The van der Waals surface area contributed by atoms with Crippen molar-refractivity contribution >= 4 is 23.6 Å². The Balaban J connectivity index is 1.55. The molecule has 0 aliphatic heterocycles.